The normalized spacial score (nSPS) is 26.2. The van der Waals surface area contributed by atoms with E-state index in [0.29, 0.717) is 5.41 Å². The van der Waals surface area contributed by atoms with E-state index in [9.17, 15) is 0 Å². The first kappa shape index (κ1) is 10.5. The van der Waals surface area contributed by atoms with Crippen molar-refractivity contribution in [2.45, 2.75) is 52.6 Å². The molecule has 0 bridgehead atoms. The topological polar surface area (TPSA) is 27.0 Å². The van der Waals surface area contributed by atoms with E-state index in [0.717, 1.165) is 6.54 Å². The van der Waals surface area contributed by atoms with Crippen molar-refractivity contribution in [2.24, 2.45) is 5.41 Å². The Morgan fingerprint density at radius 2 is 1.69 bits per heavy atom. The molecule has 0 radical (unpaired) electrons. The van der Waals surface area contributed by atoms with Crippen molar-refractivity contribution in [3.63, 3.8) is 0 Å². The van der Waals surface area contributed by atoms with E-state index in [2.05, 4.69) is 38.7 Å². The second-order valence-electron chi connectivity index (χ2n) is 5.70. The molecule has 2 nitrogen and oxygen atoms in total. The number of hydrogen-bond acceptors (Lipinski definition) is 2. The second-order valence-corrected chi connectivity index (χ2v) is 5.70. The van der Waals surface area contributed by atoms with E-state index in [1.807, 2.05) is 13.8 Å². The van der Waals surface area contributed by atoms with Crippen LogP contribution >= 0.6 is 0 Å². The van der Waals surface area contributed by atoms with Gasteiger partial charge in [0, 0.05) is 12.1 Å². The molecule has 0 atom stereocenters. The van der Waals surface area contributed by atoms with Crippen molar-refractivity contribution < 1.29 is 0 Å². The molecule has 0 unspecified atom stereocenters. The fourth-order valence-corrected chi connectivity index (χ4v) is 2.02. The number of nitrogens with zero attached hydrogens (tertiary/aromatic N) is 2. The summed E-state index contributed by atoms with van der Waals surface area (Å²) >= 11 is 0. The van der Waals surface area contributed by atoms with Gasteiger partial charge in [0.15, 0.2) is 0 Å². The molecule has 1 saturated heterocycles. The molecule has 1 aliphatic rings. The maximum atomic E-state index is 9.04. The van der Waals surface area contributed by atoms with Crippen LogP contribution < -0.4 is 0 Å². The minimum Gasteiger partial charge on any atom is -0.280 e. The molecule has 13 heavy (non-hydrogen) atoms. The Morgan fingerprint density at radius 1 is 1.23 bits per heavy atom. The highest BCUT2D eigenvalue weighted by molar-refractivity contribution is 5.16. The first-order valence-electron chi connectivity index (χ1n) is 4.84. The molecular formula is C11H20N2. The Morgan fingerprint density at radius 3 is 1.92 bits per heavy atom. The van der Waals surface area contributed by atoms with Gasteiger partial charge in [-0.05, 0) is 33.1 Å². The highest BCUT2D eigenvalue weighted by Crippen LogP contribution is 2.49. The number of nitriles is 1. The van der Waals surface area contributed by atoms with Gasteiger partial charge in [0.25, 0.3) is 0 Å². The Kier molecular flexibility index (Phi) is 2.01. The lowest BCUT2D eigenvalue weighted by Gasteiger charge is -2.65. The molecular weight excluding hydrogens is 160 g/mol. The van der Waals surface area contributed by atoms with E-state index in [-0.39, 0.29) is 11.1 Å². The van der Waals surface area contributed by atoms with Gasteiger partial charge in [0.1, 0.15) is 5.54 Å². The molecule has 1 rings (SSSR count). The molecule has 0 aromatic heterocycles. The van der Waals surface area contributed by atoms with Gasteiger partial charge in [-0.1, -0.05) is 13.8 Å². The van der Waals surface area contributed by atoms with E-state index in [4.69, 9.17) is 5.26 Å². The predicted molar refractivity (Wildman–Crippen MR) is 54.3 cm³/mol. The van der Waals surface area contributed by atoms with Crippen LogP contribution in [0.15, 0.2) is 0 Å². The minimum atomic E-state index is -0.334. The largest absolute Gasteiger partial charge is 0.280 e. The number of likely N-dealkylation sites (tertiary alicyclic amines) is 1. The van der Waals surface area contributed by atoms with E-state index < -0.39 is 0 Å². The van der Waals surface area contributed by atoms with Crippen molar-refractivity contribution in [1.82, 2.24) is 4.90 Å². The van der Waals surface area contributed by atoms with Crippen molar-refractivity contribution in [3.8, 4) is 6.07 Å². The van der Waals surface area contributed by atoms with Gasteiger partial charge in [-0.15, -0.1) is 0 Å². The van der Waals surface area contributed by atoms with Crippen LogP contribution in [0.4, 0.5) is 0 Å². The third-order valence-electron chi connectivity index (χ3n) is 3.83. The summed E-state index contributed by atoms with van der Waals surface area (Å²) in [7, 11) is 0. The lowest BCUT2D eigenvalue weighted by molar-refractivity contribution is -0.153. The van der Waals surface area contributed by atoms with Gasteiger partial charge < -0.3 is 0 Å². The average molecular weight is 180 g/mol. The van der Waals surface area contributed by atoms with Crippen LogP contribution in [-0.2, 0) is 0 Å². The quantitative estimate of drug-likeness (QED) is 0.619. The smallest absolute Gasteiger partial charge is 0.104 e. The monoisotopic (exact) mass is 180 g/mol. The van der Waals surface area contributed by atoms with Gasteiger partial charge >= 0.3 is 0 Å². The first-order valence-corrected chi connectivity index (χ1v) is 4.84. The van der Waals surface area contributed by atoms with Crippen LogP contribution in [-0.4, -0.2) is 22.5 Å². The molecule has 0 N–H and O–H groups in total. The lowest BCUT2D eigenvalue weighted by atomic mass is 9.63. The Hall–Kier alpha value is -0.550. The Balaban J connectivity index is 2.88. The zero-order valence-electron chi connectivity index (χ0n) is 9.60. The van der Waals surface area contributed by atoms with Gasteiger partial charge in [-0.3, -0.25) is 4.90 Å². The molecule has 0 aromatic rings. The molecule has 74 valence electrons. The molecule has 2 heteroatoms. The average Bonchev–Trinajstić information content (AvgIpc) is 2.00. The molecule has 0 aliphatic carbocycles. The van der Waals surface area contributed by atoms with Crippen LogP contribution in [0.1, 0.15) is 41.5 Å². The van der Waals surface area contributed by atoms with E-state index in [1.54, 1.807) is 0 Å². The van der Waals surface area contributed by atoms with Crippen LogP contribution in [0.25, 0.3) is 0 Å². The van der Waals surface area contributed by atoms with Crippen LogP contribution in [0.3, 0.4) is 0 Å². The van der Waals surface area contributed by atoms with Crippen LogP contribution in [0.2, 0.25) is 0 Å². The second kappa shape index (κ2) is 2.48. The van der Waals surface area contributed by atoms with Crippen LogP contribution in [0.5, 0.6) is 0 Å². The summed E-state index contributed by atoms with van der Waals surface area (Å²) in [5.41, 5.74) is 0.117. The molecule has 1 fully saturated rings. The van der Waals surface area contributed by atoms with Gasteiger partial charge in [0.05, 0.1) is 6.07 Å². The third kappa shape index (κ3) is 1.26. The van der Waals surface area contributed by atoms with E-state index in [1.165, 1.54) is 0 Å². The van der Waals surface area contributed by atoms with Crippen LogP contribution in [0, 0.1) is 16.7 Å². The molecule has 0 aromatic carbocycles. The fraction of sp³-hybridized carbons (Fsp3) is 0.909. The summed E-state index contributed by atoms with van der Waals surface area (Å²) in [6.45, 7) is 14.0. The molecule has 1 aliphatic heterocycles. The van der Waals surface area contributed by atoms with Crippen molar-refractivity contribution >= 4 is 0 Å². The highest BCUT2D eigenvalue weighted by Gasteiger charge is 2.57. The summed E-state index contributed by atoms with van der Waals surface area (Å²) in [5, 5.41) is 9.04. The SMILES string of the molecule is CC(C)(C#N)N1CC(C)(C)C1(C)C. The lowest BCUT2D eigenvalue weighted by Crippen LogP contribution is -2.74. The standard InChI is InChI=1S/C11H20N2/c1-9(2)8-13(11(9,5)6)10(3,4)7-12/h8H2,1-6H3. The number of rotatable bonds is 1. The third-order valence-corrected chi connectivity index (χ3v) is 3.83. The summed E-state index contributed by atoms with van der Waals surface area (Å²) in [6.07, 6.45) is 0. The molecule has 0 spiro atoms. The molecule has 0 amide bonds. The predicted octanol–water partition coefficient (Wildman–Crippen LogP) is 2.41. The van der Waals surface area contributed by atoms with Gasteiger partial charge in [-0.25, -0.2) is 0 Å². The maximum absolute atomic E-state index is 9.04. The zero-order chi connectivity index (χ0) is 10.5. The Bertz CT molecular complexity index is 256. The maximum Gasteiger partial charge on any atom is 0.104 e. The zero-order valence-corrected chi connectivity index (χ0v) is 9.60. The number of hydrogen-bond donors (Lipinski definition) is 0. The van der Waals surface area contributed by atoms with Crippen molar-refractivity contribution in [3.05, 3.63) is 0 Å². The summed E-state index contributed by atoms with van der Waals surface area (Å²) in [6, 6.07) is 2.36. The fourth-order valence-electron chi connectivity index (χ4n) is 2.02. The van der Waals surface area contributed by atoms with Crippen molar-refractivity contribution in [1.29, 1.82) is 5.26 Å². The summed E-state index contributed by atoms with van der Waals surface area (Å²) < 4.78 is 0. The van der Waals surface area contributed by atoms with E-state index >= 15 is 0 Å². The summed E-state index contributed by atoms with van der Waals surface area (Å²) in [4.78, 5) is 2.28. The van der Waals surface area contributed by atoms with Gasteiger partial charge in [0.2, 0.25) is 0 Å². The molecule has 0 saturated carbocycles. The first-order chi connectivity index (χ1) is 5.65. The minimum absolute atomic E-state index is 0.131. The Labute approximate surface area is 81.5 Å². The van der Waals surface area contributed by atoms with Crippen molar-refractivity contribution in [2.75, 3.05) is 6.54 Å². The highest BCUT2D eigenvalue weighted by atomic mass is 15.3. The molecule has 1 heterocycles. The summed E-state index contributed by atoms with van der Waals surface area (Å²) in [5.74, 6) is 0. The van der Waals surface area contributed by atoms with Gasteiger partial charge in [-0.2, -0.15) is 5.26 Å².